The minimum absolute atomic E-state index is 0.142. The second kappa shape index (κ2) is 16.6. The van der Waals surface area contributed by atoms with Crippen LogP contribution >= 0.6 is 0 Å². The number of alkyl halides is 3. The number of likely N-dealkylation sites (tertiary alicyclic amines) is 1. The summed E-state index contributed by atoms with van der Waals surface area (Å²) in [7, 11) is -6.29. The van der Waals surface area contributed by atoms with Crippen LogP contribution in [0.1, 0.15) is 52.7 Å². The Morgan fingerprint density at radius 2 is 1.21 bits per heavy atom. The Balaban J connectivity index is 0.000000555. The second-order valence-electron chi connectivity index (χ2n) is 11.8. The molecule has 1 fully saturated rings. The Labute approximate surface area is 278 Å². The summed E-state index contributed by atoms with van der Waals surface area (Å²) in [4.78, 5) is 19.8. The number of ketones is 1. The first-order chi connectivity index (χ1) is 22.3. The molecule has 250 valence electrons. The lowest BCUT2D eigenvalue weighted by atomic mass is 9.89. The standard InChI is InChI=1S/C36H40NOS.CHF3O3S/c1-28-11-17-33(18-12-28)39(34-19-13-29(2)14-20-34)35-21-15-31(16-22-35)36(38)32-23-26-37(27-24-32)25-7-6-10-30-8-4-3-5-9-30;2-1(3,4)8(5,6)7/h3-5,8-9,11-22,32H,6-7,10,23-27H2,1-2H3;(H,5,6,7)/q+1;/p-1. The van der Waals surface area contributed by atoms with E-state index in [1.807, 2.05) is 0 Å². The third-order valence-electron chi connectivity index (χ3n) is 8.16. The number of unbranched alkanes of at least 4 members (excludes halogenated alkanes) is 1. The van der Waals surface area contributed by atoms with E-state index >= 15 is 0 Å². The van der Waals surface area contributed by atoms with Gasteiger partial charge in [0, 0.05) is 11.5 Å². The van der Waals surface area contributed by atoms with Crippen molar-refractivity contribution in [2.24, 2.45) is 5.92 Å². The summed E-state index contributed by atoms with van der Waals surface area (Å²) < 4.78 is 58.9. The van der Waals surface area contributed by atoms with Gasteiger partial charge in [-0.1, -0.05) is 65.7 Å². The molecule has 0 atom stereocenters. The zero-order valence-corrected chi connectivity index (χ0v) is 28.2. The number of hydrogen-bond donors (Lipinski definition) is 0. The maximum absolute atomic E-state index is 13.4. The quantitative estimate of drug-likeness (QED) is 0.0552. The third-order valence-corrected chi connectivity index (χ3v) is 11.0. The average molecular weight is 684 g/mol. The zero-order valence-electron chi connectivity index (χ0n) is 26.6. The number of piperidine rings is 1. The first-order valence-corrected chi connectivity index (χ1v) is 18.3. The lowest BCUT2D eigenvalue weighted by molar-refractivity contribution is -0.0517. The van der Waals surface area contributed by atoms with Gasteiger partial charge in [-0.3, -0.25) is 4.79 Å². The molecule has 47 heavy (non-hydrogen) atoms. The van der Waals surface area contributed by atoms with Crippen molar-refractivity contribution >= 4 is 26.8 Å². The van der Waals surface area contributed by atoms with Crippen molar-refractivity contribution in [3.05, 3.63) is 125 Å². The van der Waals surface area contributed by atoms with Gasteiger partial charge in [0.2, 0.25) is 0 Å². The smallest absolute Gasteiger partial charge is 0.485 e. The largest absolute Gasteiger partial charge is 0.741 e. The topological polar surface area (TPSA) is 77.5 Å². The molecule has 0 aliphatic carbocycles. The Morgan fingerprint density at radius 1 is 0.766 bits per heavy atom. The summed E-state index contributed by atoms with van der Waals surface area (Å²) in [6.07, 6.45) is 5.54. The lowest BCUT2D eigenvalue weighted by Crippen LogP contribution is -2.37. The Hall–Kier alpha value is -3.44. The van der Waals surface area contributed by atoms with Gasteiger partial charge < -0.3 is 9.45 Å². The van der Waals surface area contributed by atoms with Gasteiger partial charge in [-0.15, -0.1) is 0 Å². The van der Waals surface area contributed by atoms with E-state index in [0.717, 1.165) is 44.5 Å². The monoisotopic (exact) mass is 683 g/mol. The van der Waals surface area contributed by atoms with E-state index in [0.29, 0.717) is 5.78 Å². The fraction of sp³-hybridized carbons (Fsp3) is 0.324. The van der Waals surface area contributed by atoms with E-state index in [-0.39, 0.29) is 16.8 Å². The molecule has 0 bridgehead atoms. The van der Waals surface area contributed by atoms with Gasteiger partial charge in [0.25, 0.3) is 0 Å². The minimum atomic E-state index is -6.09. The number of carbonyl (C=O) groups excluding carboxylic acids is 1. The summed E-state index contributed by atoms with van der Waals surface area (Å²) in [5.74, 6) is 0.458. The fourth-order valence-electron chi connectivity index (χ4n) is 5.48. The van der Waals surface area contributed by atoms with Crippen LogP contribution in [0.5, 0.6) is 0 Å². The Bertz CT molecular complexity index is 1620. The van der Waals surface area contributed by atoms with Crippen molar-refractivity contribution in [3.8, 4) is 0 Å². The van der Waals surface area contributed by atoms with Crippen molar-refractivity contribution < 1.29 is 30.9 Å². The molecule has 0 radical (unpaired) electrons. The number of carbonyl (C=O) groups is 1. The van der Waals surface area contributed by atoms with Crippen molar-refractivity contribution in [2.45, 2.75) is 66.1 Å². The first-order valence-electron chi connectivity index (χ1n) is 15.6. The Kier molecular flexibility index (Phi) is 12.8. The molecular weight excluding hydrogens is 644 g/mol. The molecule has 4 aromatic carbocycles. The average Bonchev–Trinajstić information content (AvgIpc) is 3.05. The highest BCUT2D eigenvalue weighted by molar-refractivity contribution is 7.97. The highest BCUT2D eigenvalue weighted by atomic mass is 32.2. The van der Waals surface area contributed by atoms with E-state index in [1.165, 1.54) is 44.2 Å². The van der Waals surface area contributed by atoms with Gasteiger partial charge in [-0.25, -0.2) is 8.42 Å². The third kappa shape index (κ3) is 10.8. The molecule has 1 aliphatic heterocycles. The van der Waals surface area contributed by atoms with E-state index < -0.39 is 15.6 Å². The van der Waals surface area contributed by atoms with E-state index in [2.05, 4.69) is 122 Å². The van der Waals surface area contributed by atoms with Crippen molar-refractivity contribution in [1.82, 2.24) is 4.90 Å². The van der Waals surface area contributed by atoms with Gasteiger partial charge in [0.05, 0.1) is 10.9 Å². The maximum Gasteiger partial charge on any atom is 0.485 e. The van der Waals surface area contributed by atoms with Gasteiger partial charge in [0.15, 0.2) is 30.6 Å². The fourth-order valence-corrected chi connectivity index (χ4v) is 7.52. The van der Waals surface area contributed by atoms with Crippen LogP contribution in [0.3, 0.4) is 0 Å². The van der Waals surface area contributed by atoms with Crippen molar-refractivity contribution in [2.75, 3.05) is 19.6 Å². The number of aryl methyl sites for hydroxylation is 3. The molecule has 0 N–H and O–H groups in total. The second-order valence-corrected chi connectivity index (χ2v) is 15.2. The van der Waals surface area contributed by atoms with E-state index in [1.54, 1.807) is 0 Å². The molecule has 1 heterocycles. The number of benzene rings is 4. The maximum atomic E-state index is 13.4. The summed E-state index contributed by atoms with van der Waals surface area (Å²) in [5, 5.41) is 0. The molecule has 0 amide bonds. The summed E-state index contributed by atoms with van der Waals surface area (Å²) in [6.45, 7) is 7.46. The van der Waals surface area contributed by atoms with E-state index in [4.69, 9.17) is 13.0 Å². The van der Waals surface area contributed by atoms with Crippen molar-refractivity contribution in [1.29, 1.82) is 0 Å². The van der Waals surface area contributed by atoms with Crippen LogP contribution in [-0.2, 0) is 27.4 Å². The Morgan fingerprint density at radius 3 is 1.66 bits per heavy atom. The number of hydrogen-bond acceptors (Lipinski definition) is 5. The van der Waals surface area contributed by atoms with Gasteiger partial charge in [-0.2, -0.15) is 13.2 Å². The van der Waals surface area contributed by atoms with Gasteiger partial charge >= 0.3 is 5.51 Å². The van der Waals surface area contributed by atoms with Crippen LogP contribution in [-0.4, -0.2) is 48.8 Å². The normalized spacial score (nSPS) is 14.4. The zero-order chi connectivity index (χ0) is 34.0. The highest BCUT2D eigenvalue weighted by Crippen LogP contribution is 2.32. The molecule has 1 saturated heterocycles. The van der Waals surface area contributed by atoms with Crippen LogP contribution in [0.2, 0.25) is 0 Å². The molecule has 0 unspecified atom stereocenters. The molecule has 1 aliphatic rings. The number of rotatable bonds is 10. The SMILES string of the molecule is Cc1ccc([S+](c2ccc(C)cc2)c2ccc(C(=O)C3CCN(CCCCc4ccccc4)CC3)cc2)cc1.O=S(=O)([O-])C(F)(F)F. The molecule has 10 heteroatoms. The first kappa shape index (κ1) is 36.4. The number of halogens is 3. The predicted molar refractivity (Wildman–Crippen MR) is 180 cm³/mol. The molecule has 0 aromatic heterocycles. The minimum Gasteiger partial charge on any atom is -0.741 e. The summed E-state index contributed by atoms with van der Waals surface area (Å²) in [5.41, 5.74) is -0.822. The molecule has 4 aromatic rings. The molecule has 5 nitrogen and oxygen atoms in total. The molecule has 0 spiro atoms. The van der Waals surface area contributed by atoms with Crippen molar-refractivity contribution in [3.63, 3.8) is 0 Å². The molecular formula is C37H40F3NO4S2. The summed E-state index contributed by atoms with van der Waals surface area (Å²) >= 11 is 0. The van der Waals surface area contributed by atoms with Crippen LogP contribution < -0.4 is 0 Å². The van der Waals surface area contributed by atoms with Crippen LogP contribution in [0.15, 0.2) is 118 Å². The number of nitrogens with zero attached hydrogens (tertiary/aromatic N) is 1. The molecule has 5 rings (SSSR count). The lowest BCUT2D eigenvalue weighted by Gasteiger charge is -2.31. The highest BCUT2D eigenvalue weighted by Gasteiger charge is 2.37. The van der Waals surface area contributed by atoms with Gasteiger partial charge in [-0.05, 0) is 120 Å². The predicted octanol–water partition coefficient (Wildman–Crippen LogP) is 8.37. The van der Waals surface area contributed by atoms with Gasteiger partial charge in [0.1, 0.15) is 0 Å². The number of Topliss-reactive ketones (excluding diaryl/α,β-unsaturated/α-hetero) is 1. The van der Waals surface area contributed by atoms with Crippen LogP contribution in [0.25, 0.3) is 0 Å². The van der Waals surface area contributed by atoms with E-state index in [9.17, 15) is 18.0 Å². The molecule has 0 saturated carbocycles. The summed E-state index contributed by atoms with van der Waals surface area (Å²) in [6, 6.07) is 37.0. The van der Waals surface area contributed by atoms with Crippen LogP contribution in [0, 0.1) is 19.8 Å². The van der Waals surface area contributed by atoms with Crippen LogP contribution in [0.4, 0.5) is 13.2 Å².